The largest absolute Gasteiger partial charge is 0.347 e. The number of nitrogens with one attached hydrogen (secondary N) is 2. The van der Waals surface area contributed by atoms with Gasteiger partial charge in [0, 0.05) is 6.42 Å². The highest BCUT2D eigenvalue weighted by atomic mass is 35.5. The zero-order valence-corrected chi connectivity index (χ0v) is 14.1. The van der Waals surface area contributed by atoms with Crippen molar-refractivity contribution in [3.05, 3.63) is 70.2 Å². The van der Waals surface area contributed by atoms with Gasteiger partial charge in [-0.1, -0.05) is 53.6 Å². The predicted molar refractivity (Wildman–Crippen MR) is 94.0 cm³/mol. The van der Waals surface area contributed by atoms with E-state index < -0.39 is 0 Å². The highest BCUT2D eigenvalue weighted by Crippen LogP contribution is 2.25. The van der Waals surface area contributed by atoms with Crippen LogP contribution in [0.25, 0.3) is 0 Å². The van der Waals surface area contributed by atoms with E-state index in [4.69, 9.17) is 11.6 Å². The van der Waals surface area contributed by atoms with E-state index in [0.29, 0.717) is 23.4 Å². The molecule has 2 atom stereocenters. The highest BCUT2D eigenvalue weighted by Gasteiger charge is 2.31. The van der Waals surface area contributed by atoms with Gasteiger partial charge in [-0.25, -0.2) is 0 Å². The maximum atomic E-state index is 12.5. The van der Waals surface area contributed by atoms with Crippen LogP contribution in [0.3, 0.4) is 0 Å². The van der Waals surface area contributed by atoms with E-state index in [2.05, 4.69) is 10.6 Å². The molecule has 0 aromatic heterocycles. The number of halogens is 1. The van der Waals surface area contributed by atoms with E-state index >= 15 is 0 Å². The first-order valence-electron chi connectivity index (χ1n) is 7.96. The zero-order chi connectivity index (χ0) is 17.1. The van der Waals surface area contributed by atoms with E-state index in [1.54, 1.807) is 24.3 Å². The van der Waals surface area contributed by atoms with Gasteiger partial charge in [0.1, 0.15) is 0 Å². The van der Waals surface area contributed by atoms with Crippen molar-refractivity contribution in [2.45, 2.75) is 31.8 Å². The first-order valence-corrected chi connectivity index (χ1v) is 8.34. The molecule has 2 amide bonds. The van der Waals surface area contributed by atoms with Gasteiger partial charge in [0.25, 0.3) is 5.91 Å². The molecule has 0 aliphatic carbocycles. The standard InChI is InChI=1S/C19H19ClN2O2/c1-12-6-8-13(9-7-12)18-16(10-11-17(23)22-18)21-19(24)14-4-2-3-5-15(14)20/h2-9,16,18H,10-11H2,1H3,(H,21,24)(H,22,23)/t16-,18+/m0/s1. The Morgan fingerprint density at radius 3 is 2.58 bits per heavy atom. The van der Waals surface area contributed by atoms with Gasteiger partial charge in [-0.15, -0.1) is 0 Å². The SMILES string of the molecule is Cc1ccc([C@H]2NC(=O)CC[C@@H]2NC(=O)c2ccccc2Cl)cc1. The fourth-order valence-corrected chi connectivity index (χ4v) is 3.16. The maximum Gasteiger partial charge on any atom is 0.253 e. The number of aryl methyl sites for hydroxylation is 1. The molecule has 1 heterocycles. The summed E-state index contributed by atoms with van der Waals surface area (Å²) in [6.07, 6.45) is 0.996. The van der Waals surface area contributed by atoms with E-state index in [1.165, 1.54) is 0 Å². The van der Waals surface area contributed by atoms with E-state index in [0.717, 1.165) is 11.1 Å². The Bertz CT molecular complexity index is 758. The molecule has 0 spiro atoms. The highest BCUT2D eigenvalue weighted by molar-refractivity contribution is 6.33. The van der Waals surface area contributed by atoms with Crippen LogP contribution >= 0.6 is 11.6 Å². The molecule has 1 fully saturated rings. The van der Waals surface area contributed by atoms with E-state index in [9.17, 15) is 9.59 Å². The normalized spacial score (nSPS) is 20.3. The van der Waals surface area contributed by atoms with E-state index in [1.807, 2.05) is 31.2 Å². The molecule has 2 aromatic carbocycles. The van der Waals surface area contributed by atoms with Crippen LogP contribution in [0.4, 0.5) is 0 Å². The zero-order valence-electron chi connectivity index (χ0n) is 13.4. The van der Waals surface area contributed by atoms with Crippen LogP contribution in [0.1, 0.15) is 40.4 Å². The lowest BCUT2D eigenvalue weighted by atomic mass is 9.91. The summed E-state index contributed by atoms with van der Waals surface area (Å²) < 4.78 is 0. The monoisotopic (exact) mass is 342 g/mol. The Kier molecular flexibility index (Phi) is 4.86. The number of hydrogen-bond donors (Lipinski definition) is 2. The van der Waals surface area contributed by atoms with Crippen molar-refractivity contribution in [1.29, 1.82) is 0 Å². The molecular formula is C19H19ClN2O2. The van der Waals surface area contributed by atoms with Crippen molar-refractivity contribution in [1.82, 2.24) is 10.6 Å². The lowest BCUT2D eigenvalue weighted by Gasteiger charge is -2.33. The van der Waals surface area contributed by atoms with Crippen LogP contribution in [0.5, 0.6) is 0 Å². The van der Waals surface area contributed by atoms with Crippen molar-refractivity contribution < 1.29 is 9.59 Å². The second-order valence-electron chi connectivity index (χ2n) is 6.05. The van der Waals surface area contributed by atoms with Crippen molar-refractivity contribution in [2.24, 2.45) is 0 Å². The number of amides is 2. The molecule has 0 saturated carbocycles. The van der Waals surface area contributed by atoms with Crippen LogP contribution < -0.4 is 10.6 Å². The average Bonchev–Trinajstić information content (AvgIpc) is 2.57. The Balaban J connectivity index is 1.81. The second kappa shape index (κ2) is 7.05. The third kappa shape index (κ3) is 3.60. The molecule has 1 aliphatic rings. The molecule has 1 saturated heterocycles. The summed E-state index contributed by atoms with van der Waals surface area (Å²) in [5.41, 5.74) is 2.58. The van der Waals surface area contributed by atoms with Crippen LogP contribution in [0, 0.1) is 6.92 Å². The summed E-state index contributed by atoms with van der Waals surface area (Å²) >= 11 is 6.10. The van der Waals surface area contributed by atoms with Gasteiger partial charge in [0.15, 0.2) is 0 Å². The molecule has 5 heteroatoms. The van der Waals surface area contributed by atoms with Crippen LogP contribution in [0.2, 0.25) is 5.02 Å². The minimum absolute atomic E-state index is 0.00353. The summed E-state index contributed by atoms with van der Waals surface area (Å²) in [6.45, 7) is 2.01. The Morgan fingerprint density at radius 1 is 1.17 bits per heavy atom. The summed E-state index contributed by atoms with van der Waals surface area (Å²) in [7, 11) is 0. The van der Waals surface area contributed by atoms with E-state index in [-0.39, 0.29) is 23.9 Å². The molecular weight excluding hydrogens is 324 g/mol. The van der Waals surface area contributed by atoms with Crippen LogP contribution in [-0.4, -0.2) is 17.9 Å². The minimum Gasteiger partial charge on any atom is -0.347 e. The molecule has 4 nitrogen and oxygen atoms in total. The summed E-state index contributed by atoms with van der Waals surface area (Å²) in [4.78, 5) is 24.4. The number of carbonyl (C=O) groups is 2. The Hall–Kier alpha value is -2.33. The van der Waals surface area contributed by atoms with Crippen molar-refractivity contribution in [3.8, 4) is 0 Å². The molecule has 124 valence electrons. The first-order chi connectivity index (χ1) is 11.5. The molecule has 2 aromatic rings. The summed E-state index contributed by atoms with van der Waals surface area (Å²) in [6, 6.07) is 14.5. The molecule has 2 N–H and O–H groups in total. The van der Waals surface area contributed by atoms with Crippen molar-refractivity contribution in [3.63, 3.8) is 0 Å². The summed E-state index contributed by atoms with van der Waals surface area (Å²) in [5.74, 6) is -0.220. The first kappa shape index (κ1) is 16.5. The van der Waals surface area contributed by atoms with Crippen LogP contribution in [0.15, 0.2) is 48.5 Å². The van der Waals surface area contributed by atoms with Crippen molar-refractivity contribution in [2.75, 3.05) is 0 Å². The van der Waals surface area contributed by atoms with Gasteiger partial charge >= 0.3 is 0 Å². The van der Waals surface area contributed by atoms with Crippen molar-refractivity contribution >= 4 is 23.4 Å². The third-order valence-corrected chi connectivity index (χ3v) is 4.60. The number of carbonyl (C=O) groups excluding carboxylic acids is 2. The topological polar surface area (TPSA) is 58.2 Å². The summed E-state index contributed by atoms with van der Waals surface area (Å²) in [5, 5.41) is 6.43. The predicted octanol–water partition coefficient (Wildman–Crippen LogP) is 3.40. The number of benzene rings is 2. The lowest BCUT2D eigenvalue weighted by molar-refractivity contribution is -0.123. The van der Waals surface area contributed by atoms with Gasteiger partial charge in [-0.05, 0) is 31.0 Å². The number of rotatable bonds is 3. The molecule has 24 heavy (non-hydrogen) atoms. The third-order valence-electron chi connectivity index (χ3n) is 4.27. The smallest absolute Gasteiger partial charge is 0.253 e. The number of hydrogen-bond acceptors (Lipinski definition) is 2. The van der Waals surface area contributed by atoms with Gasteiger partial charge in [-0.2, -0.15) is 0 Å². The number of piperidine rings is 1. The minimum atomic E-state index is -0.238. The quantitative estimate of drug-likeness (QED) is 0.898. The molecule has 3 rings (SSSR count). The molecule has 1 aliphatic heterocycles. The van der Waals surface area contributed by atoms with Crippen LogP contribution in [-0.2, 0) is 4.79 Å². The van der Waals surface area contributed by atoms with Gasteiger partial charge in [0.2, 0.25) is 5.91 Å². The fourth-order valence-electron chi connectivity index (χ4n) is 2.94. The van der Waals surface area contributed by atoms with Gasteiger partial charge in [-0.3, -0.25) is 9.59 Å². The molecule has 0 radical (unpaired) electrons. The lowest BCUT2D eigenvalue weighted by Crippen LogP contribution is -2.50. The molecule has 0 bridgehead atoms. The van der Waals surface area contributed by atoms with Gasteiger partial charge < -0.3 is 10.6 Å². The fraction of sp³-hybridized carbons (Fsp3) is 0.263. The molecule has 0 unspecified atom stereocenters. The average molecular weight is 343 g/mol. The Labute approximate surface area is 146 Å². The maximum absolute atomic E-state index is 12.5. The second-order valence-corrected chi connectivity index (χ2v) is 6.46. The Morgan fingerprint density at radius 2 is 1.88 bits per heavy atom. The van der Waals surface area contributed by atoms with Gasteiger partial charge in [0.05, 0.1) is 22.7 Å².